The van der Waals surface area contributed by atoms with E-state index in [-0.39, 0.29) is 30.6 Å². The van der Waals surface area contributed by atoms with Gasteiger partial charge in [-0.25, -0.2) is 0 Å². The molecular formula is C22H31N5O4. The van der Waals surface area contributed by atoms with Crippen LogP contribution >= 0.6 is 0 Å². The van der Waals surface area contributed by atoms with Crippen molar-refractivity contribution in [1.29, 1.82) is 0 Å². The number of morpholine rings is 2. The summed E-state index contributed by atoms with van der Waals surface area (Å²) in [6.07, 6.45) is 1.10. The first kappa shape index (κ1) is 20.7. The molecule has 3 saturated heterocycles. The Morgan fingerprint density at radius 1 is 1.00 bits per heavy atom. The summed E-state index contributed by atoms with van der Waals surface area (Å²) in [5.74, 6) is 0.0303. The highest BCUT2D eigenvalue weighted by Gasteiger charge is 2.34. The molecule has 31 heavy (non-hydrogen) atoms. The molecule has 0 saturated carbocycles. The lowest BCUT2D eigenvalue weighted by atomic mass is 10.1. The highest BCUT2D eigenvalue weighted by Crippen LogP contribution is 2.36. The van der Waals surface area contributed by atoms with Crippen molar-refractivity contribution in [2.75, 3.05) is 69.0 Å². The van der Waals surface area contributed by atoms with E-state index >= 15 is 0 Å². The van der Waals surface area contributed by atoms with Crippen LogP contribution in [0.5, 0.6) is 0 Å². The molecule has 4 aliphatic rings. The van der Waals surface area contributed by atoms with Gasteiger partial charge in [0.1, 0.15) is 0 Å². The summed E-state index contributed by atoms with van der Waals surface area (Å²) in [7, 11) is 0. The fourth-order valence-corrected chi connectivity index (χ4v) is 5.06. The SMILES string of the molecule is O=C1CC(N2CCOCC2)NC(CC(=O)N2CCc3c(N4CCOCC4)cccc32)N1. The van der Waals surface area contributed by atoms with Crippen LogP contribution in [0.1, 0.15) is 18.4 Å². The second kappa shape index (κ2) is 9.12. The zero-order valence-electron chi connectivity index (χ0n) is 17.8. The molecule has 0 aliphatic carbocycles. The smallest absolute Gasteiger partial charge is 0.230 e. The van der Waals surface area contributed by atoms with Crippen LogP contribution in [0.4, 0.5) is 11.4 Å². The zero-order chi connectivity index (χ0) is 21.2. The normalized spacial score (nSPS) is 27.2. The van der Waals surface area contributed by atoms with Crippen LogP contribution in [-0.4, -0.2) is 88.2 Å². The van der Waals surface area contributed by atoms with E-state index in [9.17, 15) is 9.59 Å². The molecule has 1 aromatic rings. The number of hydrogen-bond acceptors (Lipinski definition) is 7. The lowest BCUT2D eigenvalue weighted by Gasteiger charge is -2.40. The van der Waals surface area contributed by atoms with Crippen molar-refractivity contribution in [3.63, 3.8) is 0 Å². The molecule has 2 amide bonds. The van der Waals surface area contributed by atoms with E-state index in [0.29, 0.717) is 26.2 Å². The van der Waals surface area contributed by atoms with Gasteiger partial charge in [0.2, 0.25) is 11.8 Å². The van der Waals surface area contributed by atoms with E-state index in [1.54, 1.807) is 0 Å². The van der Waals surface area contributed by atoms with Gasteiger partial charge >= 0.3 is 0 Å². The summed E-state index contributed by atoms with van der Waals surface area (Å²) in [5.41, 5.74) is 3.46. The first-order valence-electron chi connectivity index (χ1n) is 11.3. The third kappa shape index (κ3) is 4.41. The molecule has 2 atom stereocenters. The molecule has 0 spiro atoms. The molecule has 4 aliphatic heterocycles. The van der Waals surface area contributed by atoms with Crippen molar-refractivity contribution in [2.45, 2.75) is 31.6 Å². The van der Waals surface area contributed by atoms with E-state index < -0.39 is 0 Å². The number of carbonyl (C=O) groups is 2. The van der Waals surface area contributed by atoms with Crippen LogP contribution in [-0.2, 0) is 25.5 Å². The summed E-state index contributed by atoms with van der Waals surface area (Å²) in [5, 5.41) is 6.41. The first-order valence-corrected chi connectivity index (χ1v) is 11.3. The van der Waals surface area contributed by atoms with Gasteiger partial charge in [-0.1, -0.05) is 6.07 Å². The van der Waals surface area contributed by atoms with Gasteiger partial charge in [-0.2, -0.15) is 0 Å². The predicted octanol–water partition coefficient (Wildman–Crippen LogP) is -0.104. The molecule has 5 rings (SSSR count). The number of fused-ring (bicyclic) bond motifs is 1. The van der Waals surface area contributed by atoms with Crippen molar-refractivity contribution < 1.29 is 19.1 Å². The van der Waals surface area contributed by atoms with E-state index in [1.807, 2.05) is 17.0 Å². The number of hydrogen-bond donors (Lipinski definition) is 2. The number of rotatable bonds is 4. The molecular weight excluding hydrogens is 398 g/mol. The van der Waals surface area contributed by atoms with Gasteiger partial charge in [0.05, 0.1) is 51.6 Å². The molecule has 3 fully saturated rings. The monoisotopic (exact) mass is 429 g/mol. The molecule has 4 heterocycles. The van der Waals surface area contributed by atoms with Crippen molar-refractivity contribution >= 4 is 23.2 Å². The van der Waals surface area contributed by atoms with Gasteiger partial charge in [0.15, 0.2) is 0 Å². The average Bonchev–Trinajstić information content (AvgIpc) is 3.24. The lowest BCUT2D eigenvalue weighted by molar-refractivity contribution is -0.128. The number of anilines is 2. The Morgan fingerprint density at radius 3 is 2.48 bits per heavy atom. The number of ether oxygens (including phenoxy) is 2. The molecule has 0 bridgehead atoms. The van der Waals surface area contributed by atoms with Gasteiger partial charge < -0.3 is 24.6 Å². The molecule has 1 aromatic carbocycles. The Kier molecular flexibility index (Phi) is 6.08. The Balaban J connectivity index is 1.26. The van der Waals surface area contributed by atoms with E-state index in [1.165, 1.54) is 11.3 Å². The molecule has 9 nitrogen and oxygen atoms in total. The summed E-state index contributed by atoms with van der Waals surface area (Å²) >= 11 is 0. The van der Waals surface area contributed by atoms with Gasteiger partial charge in [0, 0.05) is 49.7 Å². The lowest BCUT2D eigenvalue weighted by Crippen LogP contribution is -2.63. The minimum absolute atomic E-state index is 0.00975. The Hall–Kier alpha value is -2.20. The van der Waals surface area contributed by atoms with Gasteiger partial charge in [-0.3, -0.25) is 19.8 Å². The van der Waals surface area contributed by atoms with Crippen LogP contribution in [0.25, 0.3) is 0 Å². The van der Waals surface area contributed by atoms with Gasteiger partial charge in [0.25, 0.3) is 0 Å². The van der Waals surface area contributed by atoms with Crippen LogP contribution in [0.15, 0.2) is 18.2 Å². The molecule has 0 radical (unpaired) electrons. The Bertz CT molecular complexity index is 822. The second-order valence-corrected chi connectivity index (χ2v) is 8.53. The van der Waals surface area contributed by atoms with Crippen LogP contribution in [0.3, 0.4) is 0 Å². The molecule has 9 heteroatoms. The Labute approximate surface area is 182 Å². The number of amides is 2. The minimum Gasteiger partial charge on any atom is -0.379 e. The van der Waals surface area contributed by atoms with Crippen LogP contribution in [0.2, 0.25) is 0 Å². The summed E-state index contributed by atoms with van der Waals surface area (Å²) < 4.78 is 10.9. The van der Waals surface area contributed by atoms with Crippen molar-refractivity contribution in [3.8, 4) is 0 Å². The Morgan fingerprint density at radius 2 is 1.71 bits per heavy atom. The summed E-state index contributed by atoms with van der Waals surface area (Å²) in [6, 6.07) is 6.21. The number of nitrogens with zero attached hydrogens (tertiary/aromatic N) is 3. The maximum absolute atomic E-state index is 13.2. The third-order valence-electron chi connectivity index (χ3n) is 6.63. The summed E-state index contributed by atoms with van der Waals surface area (Å²) in [4.78, 5) is 32.0. The van der Waals surface area contributed by atoms with Crippen molar-refractivity contribution in [3.05, 3.63) is 23.8 Å². The van der Waals surface area contributed by atoms with E-state index in [0.717, 1.165) is 51.5 Å². The van der Waals surface area contributed by atoms with Crippen LogP contribution in [0, 0.1) is 0 Å². The quantitative estimate of drug-likeness (QED) is 0.691. The fourth-order valence-electron chi connectivity index (χ4n) is 5.06. The number of benzene rings is 1. The highest BCUT2D eigenvalue weighted by atomic mass is 16.5. The number of carbonyl (C=O) groups excluding carboxylic acids is 2. The molecule has 168 valence electrons. The minimum atomic E-state index is -0.354. The summed E-state index contributed by atoms with van der Waals surface area (Å²) in [6.45, 7) is 6.89. The molecule has 0 aromatic heterocycles. The molecule has 2 unspecified atom stereocenters. The fraction of sp³-hybridized carbons (Fsp3) is 0.636. The standard InChI is InChI=1S/C22H31N5O4/c28-21-15-20(26-8-12-31-13-9-26)23-19(24-21)14-22(29)27-5-4-16-17(2-1-3-18(16)27)25-6-10-30-11-7-25/h1-3,19-20,23H,4-15H2,(H,24,28). The maximum Gasteiger partial charge on any atom is 0.230 e. The average molecular weight is 430 g/mol. The second-order valence-electron chi connectivity index (χ2n) is 8.53. The molecule has 2 N–H and O–H groups in total. The van der Waals surface area contributed by atoms with E-state index in [4.69, 9.17) is 9.47 Å². The first-order chi connectivity index (χ1) is 15.2. The highest BCUT2D eigenvalue weighted by molar-refractivity contribution is 5.97. The zero-order valence-corrected chi connectivity index (χ0v) is 17.8. The topological polar surface area (TPSA) is 86.4 Å². The maximum atomic E-state index is 13.2. The van der Waals surface area contributed by atoms with Gasteiger partial charge in [-0.05, 0) is 18.6 Å². The van der Waals surface area contributed by atoms with Crippen molar-refractivity contribution in [1.82, 2.24) is 15.5 Å². The van der Waals surface area contributed by atoms with Crippen LogP contribution < -0.4 is 20.4 Å². The van der Waals surface area contributed by atoms with Crippen molar-refractivity contribution in [2.24, 2.45) is 0 Å². The van der Waals surface area contributed by atoms with Gasteiger partial charge in [-0.15, -0.1) is 0 Å². The largest absolute Gasteiger partial charge is 0.379 e. The third-order valence-corrected chi connectivity index (χ3v) is 6.63. The number of nitrogens with one attached hydrogen (secondary N) is 2. The predicted molar refractivity (Wildman–Crippen MR) is 116 cm³/mol. The van der Waals surface area contributed by atoms with E-state index in [2.05, 4.69) is 26.5 Å².